The van der Waals surface area contributed by atoms with E-state index in [0.717, 1.165) is 64.0 Å². The number of hydrogen-bond donors (Lipinski definition) is 8. The molecule has 554 valence electrons. The van der Waals surface area contributed by atoms with Crippen molar-refractivity contribution in [3.05, 3.63) is 131 Å². The summed E-state index contributed by atoms with van der Waals surface area (Å²) in [5, 5.41) is 30.0. The number of imide groups is 1. The summed E-state index contributed by atoms with van der Waals surface area (Å²) in [6, 6.07) is 20.4. The number of nitrogens with two attached hydrogens (primary N) is 1. The summed E-state index contributed by atoms with van der Waals surface area (Å²) in [7, 11) is -4.51. The zero-order chi connectivity index (χ0) is 74.3. The molecule has 7 atom stereocenters. The Balaban J connectivity index is 0.703. The Morgan fingerprint density at radius 2 is 1.62 bits per heavy atom. The second-order valence-corrected chi connectivity index (χ2v) is 31.5. The van der Waals surface area contributed by atoms with Crippen molar-refractivity contribution in [3.63, 3.8) is 0 Å². The Morgan fingerprint density at radius 1 is 0.856 bits per heavy atom. The number of primary amides is 1. The first kappa shape index (κ1) is 75.5. The average molecular weight is 1470 g/mol. The second-order valence-electron chi connectivity index (χ2n) is 28.9. The average Bonchev–Trinajstić information content (AvgIpc) is 0.718. The molecule has 28 nitrogen and oxygen atoms in total. The summed E-state index contributed by atoms with van der Waals surface area (Å²) in [5.41, 5.74) is 10.00. The number of para-hydroxylation sites is 1. The summed E-state index contributed by atoms with van der Waals surface area (Å²) < 4.78 is 49.8. The monoisotopic (exact) mass is 1470 g/mol. The molecule has 9 amide bonds. The van der Waals surface area contributed by atoms with Crippen LogP contribution in [0.15, 0.2) is 97.2 Å². The van der Waals surface area contributed by atoms with Crippen molar-refractivity contribution in [1.82, 2.24) is 45.5 Å². The number of thiazole rings is 1. The number of carboxylic acid groups (broad SMARTS) is 1. The number of aromatic carboxylic acids is 1. The summed E-state index contributed by atoms with van der Waals surface area (Å²) in [6.07, 6.45) is 10.9. The summed E-state index contributed by atoms with van der Waals surface area (Å²) in [5.74, 6) is -3.77. The smallest absolute Gasteiger partial charge is 0.410 e. The minimum atomic E-state index is -4.51. The van der Waals surface area contributed by atoms with Crippen LogP contribution in [-0.2, 0) is 69.7 Å². The van der Waals surface area contributed by atoms with E-state index >= 15 is 0 Å². The molecule has 30 heteroatoms. The Kier molecular flexibility index (Phi) is 23.3. The van der Waals surface area contributed by atoms with Crippen LogP contribution < -0.4 is 37.2 Å². The van der Waals surface area contributed by atoms with E-state index in [9.17, 15) is 61.2 Å². The van der Waals surface area contributed by atoms with Gasteiger partial charge < -0.3 is 51.4 Å². The van der Waals surface area contributed by atoms with E-state index in [1.165, 1.54) is 28.4 Å². The number of anilines is 3. The maximum Gasteiger partial charge on any atom is 0.410 e. The molecule has 12 rings (SSSR count). The summed E-state index contributed by atoms with van der Waals surface area (Å²) >= 11 is 1.40. The van der Waals surface area contributed by atoms with Crippen molar-refractivity contribution >= 4 is 102 Å². The number of carbonyl (C=O) groups excluding carboxylic acids is 8. The van der Waals surface area contributed by atoms with Crippen molar-refractivity contribution in [2.45, 2.75) is 155 Å². The van der Waals surface area contributed by atoms with Crippen LogP contribution in [0.25, 0.3) is 21.3 Å². The minimum Gasteiger partial charge on any atom is -0.476 e. The van der Waals surface area contributed by atoms with Gasteiger partial charge in [-0.2, -0.15) is 13.5 Å². The Labute approximate surface area is 607 Å². The lowest BCUT2D eigenvalue weighted by molar-refractivity contribution is -0.247. The van der Waals surface area contributed by atoms with E-state index in [0.29, 0.717) is 102 Å². The number of ether oxygens (including phenoxy) is 2. The third kappa shape index (κ3) is 17.9. The van der Waals surface area contributed by atoms with Gasteiger partial charge in [0.15, 0.2) is 10.8 Å². The molecule has 9 N–H and O–H groups in total. The number of hydrogen-bond acceptors (Lipinski definition) is 18. The number of fused-ring (bicyclic) bond motifs is 2. The summed E-state index contributed by atoms with van der Waals surface area (Å²) in [6.45, 7) is 11.1. The van der Waals surface area contributed by atoms with Gasteiger partial charge in [0.2, 0.25) is 17.7 Å². The highest BCUT2D eigenvalue weighted by atomic mass is 32.2. The molecule has 4 aliphatic carbocycles. The van der Waals surface area contributed by atoms with Crippen LogP contribution in [0.3, 0.4) is 0 Å². The number of nitrogens with one attached hydrogen (secondary N) is 5. The fraction of sp³-hybridized carbons (Fsp3) is 0.486. The first-order valence-corrected chi connectivity index (χ1v) is 37.9. The van der Waals surface area contributed by atoms with Gasteiger partial charge in [-0.05, 0) is 159 Å². The number of aromatic nitrogens is 4. The molecule has 2 aliphatic heterocycles. The lowest BCUT2D eigenvalue weighted by Gasteiger charge is -2.68. The molecule has 4 saturated carbocycles. The second kappa shape index (κ2) is 32.2. The van der Waals surface area contributed by atoms with Gasteiger partial charge in [-0.1, -0.05) is 88.3 Å². The SMILES string of the molecule is CCC1C2CC3(Cn4ncc(-c5ccc(N6CCc7cccc(C(=O)Nc8nc9ccccc9s8)c7C6)nc5C(=O)O)c4C)CC(OCCN(CCS(=O)(=O)O)C(=O)OCc4ccc(NC(=O)[C@H](CCCNC(N)=O)NC(=O)[C@@H](NC(=O)CCCCCN5C(=O)C=CC5=O)C(C)C)cc4)(C2)CC1(C)C3. The predicted octanol–water partition coefficient (Wildman–Crippen LogP) is 8.78. The fourth-order valence-electron chi connectivity index (χ4n) is 16.7. The van der Waals surface area contributed by atoms with E-state index in [4.69, 9.17) is 25.3 Å². The Hall–Kier alpha value is -9.65. The van der Waals surface area contributed by atoms with Crippen LogP contribution in [0.2, 0.25) is 0 Å². The molecule has 0 radical (unpaired) electrons. The third-order valence-corrected chi connectivity index (χ3v) is 22.7. The lowest BCUT2D eigenvalue weighted by atomic mass is 9.39. The highest BCUT2D eigenvalue weighted by molar-refractivity contribution is 7.85. The van der Waals surface area contributed by atoms with Crippen LogP contribution >= 0.6 is 11.3 Å². The zero-order valence-corrected chi connectivity index (χ0v) is 60.7. The molecule has 5 heterocycles. The first-order chi connectivity index (χ1) is 49.6. The molecular weight excluding hydrogens is 1380 g/mol. The van der Waals surface area contributed by atoms with Crippen LogP contribution in [0, 0.1) is 35.5 Å². The van der Waals surface area contributed by atoms with Crippen LogP contribution in [0.5, 0.6) is 0 Å². The van der Waals surface area contributed by atoms with Gasteiger partial charge in [-0.15, -0.1) is 0 Å². The van der Waals surface area contributed by atoms with Crippen LogP contribution in [0.1, 0.15) is 148 Å². The number of benzene rings is 3. The molecule has 104 heavy (non-hydrogen) atoms. The molecule has 6 aliphatic rings. The molecule has 3 aromatic carbocycles. The van der Waals surface area contributed by atoms with E-state index < -0.39 is 75.9 Å². The van der Waals surface area contributed by atoms with Gasteiger partial charge in [0, 0.05) is 92.5 Å². The number of carboxylic acids is 1. The minimum absolute atomic E-state index is 0.0343. The molecule has 4 bridgehead atoms. The Morgan fingerprint density at radius 3 is 2.34 bits per heavy atom. The molecular formula is C74H91N13O15S2. The van der Waals surface area contributed by atoms with Gasteiger partial charge in [0.05, 0.1) is 34.4 Å². The van der Waals surface area contributed by atoms with Gasteiger partial charge in [0.1, 0.15) is 24.5 Å². The summed E-state index contributed by atoms with van der Waals surface area (Å²) in [4.78, 5) is 131. The number of unbranched alkanes of at least 4 members (excludes halogenated alkanes) is 2. The van der Waals surface area contributed by atoms with Crippen molar-refractivity contribution in [3.8, 4) is 11.1 Å². The van der Waals surface area contributed by atoms with Crippen LogP contribution in [-0.4, -0.2) is 164 Å². The fourth-order valence-corrected chi connectivity index (χ4v) is 18.0. The van der Waals surface area contributed by atoms with Crippen molar-refractivity contribution < 1.29 is 70.7 Å². The zero-order valence-electron chi connectivity index (χ0n) is 59.1. The number of urea groups is 1. The number of nitrogens with zero attached hydrogens (tertiary/aromatic N) is 7. The largest absolute Gasteiger partial charge is 0.476 e. The normalized spacial score (nSPS) is 20.8. The Bertz CT molecular complexity index is 4360. The highest BCUT2D eigenvalue weighted by Crippen LogP contribution is 2.70. The third-order valence-electron chi connectivity index (χ3n) is 21.0. The number of carbonyl (C=O) groups is 9. The first-order valence-electron chi connectivity index (χ1n) is 35.5. The van der Waals surface area contributed by atoms with E-state index in [2.05, 4.69) is 45.4 Å². The van der Waals surface area contributed by atoms with Gasteiger partial charge in [-0.3, -0.25) is 48.2 Å². The van der Waals surface area contributed by atoms with E-state index in [-0.39, 0.29) is 92.3 Å². The standard InChI is InChI=1S/C74H91N13O15S2/c1-6-55-49-36-73(44-87-46(4)53(38-77-87)51-24-25-59(81-64(51)68(94)95)85-31-28-48-14-12-15-52(54(48)39-85)65(91)83-70-80-56-16-9-10-18-58(56)103-70)41-72(55,5)42-74(37-49,43-73)102-34-32-84(33-35-104(98,99)100)71(97)101-40-47-20-22-50(23-21-47)78-66(92)57(17-13-29-76-69(75)96)79-67(93)63(45(2)3)82-60(88)19-8-7-11-30-86-61(89)26-27-62(86)90/h9-10,12,14-16,18,20-27,38,45,49,55,57,63H,6-8,11,13,17,19,28-37,39-44H2,1-5H3,(H,78,92)(H,79,93)(H,82,88)(H,94,95)(H3,75,76,96)(H,80,83,91)(H,98,99,100)/t49?,55?,57-,63-,72?,73?,74?/m0/s1. The lowest BCUT2D eigenvalue weighted by Crippen LogP contribution is -2.65. The number of amides is 9. The van der Waals surface area contributed by atoms with E-state index in [1.54, 1.807) is 56.4 Å². The molecule has 0 saturated heterocycles. The number of rotatable bonds is 33. The molecule has 5 unspecified atom stereocenters. The molecule has 4 fully saturated rings. The molecule has 3 aromatic heterocycles. The van der Waals surface area contributed by atoms with Crippen molar-refractivity contribution in [2.75, 3.05) is 60.6 Å². The van der Waals surface area contributed by atoms with Crippen molar-refractivity contribution in [1.29, 1.82) is 0 Å². The van der Waals surface area contributed by atoms with Crippen molar-refractivity contribution in [2.24, 2.45) is 34.3 Å². The highest BCUT2D eigenvalue weighted by Gasteiger charge is 2.66. The maximum atomic E-state index is 13.9. The predicted molar refractivity (Wildman–Crippen MR) is 389 cm³/mol. The van der Waals surface area contributed by atoms with Crippen LogP contribution in [0.4, 0.5) is 26.2 Å². The topological polar surface area (TPSA) is 386 Å². The van der Waals surface area contributed by atoms with Gasteiger partial charge >= 0.3 is 18.1 Å². The maximum absolute atomic E-state index is 13.9. The van der Waals surface area contributed by atoms with Gasteiger partial charge in [0.25, 0.3) is 27.8 Å². The quantitative estimate of drug-likeness (QED) is 0.0108. The molecule has 6 aromatic rings. The van der Waals surface area contributed by atoms with Gasteiger partial charge in [-0.25, -0.2) is 24.4 Å². The number of pyridine rings is 1. The molecule has 0 spiro atoms. The van der Waals surface area contributed by atoms with E-state index in [1.807, 2.05) is 59.0 Å².